The standard InChI is InChI=1S/C30H40N2O5/c1-21-30(29(35)36-2)19-24(17-27(33)31-15-9-4-10-16-31)28(34)32(20-22-11-5-3-6-12-22)26(30)18-25(37-21)23-13-7-8-14-23/h3,5-6,11-12,18,21,23-25H,4,7-10,13-17,19-20H2,1-2H3/t21-,24+,25-,30+/m1/s1. The quantitative estimate of drug-likeness (QED) is 0.531. The summed E-state index contributed by atoms with van der Waals surface area (Å²) in [5.74, 6) is -0.698. The molecule has 37 heavy (non-hydrogen) atoms. The van der Waals surface area contributed by atoms with Crippen molar-refractivity contribution in [2.75, 3.05) is 20.2 Å². The van der Waals surface area contributed by atoms with Crippen LogP contribution in [0.1, 0.15) is 70.3 Å². The Balaban J connectivity index is 1.54. The van der Waals surface area contributed by atoms with E-state index in [-0.39, 0.29) is 30.8 Å². The van der Waals surface area contributed by atoms with Crippen molar-refractivity contribution in [1.29, 1.82) is 0 Å². The molecule has 0 spiro atoms. The first-order chi connectivity index (χ1) is 17.9. The number of esters is 1. The molecule has 200 valence electrons. The number of methoxy groups -OCH3 is 1. The minimum Gasteiger partial charge on any atom is -0.468 e. The van der Waals surface area contributed by atoms with E-state index in [0.717, 1.165) is 50.8 Å². The third-order valence-corrected chi connectivity index (χ3v) is 9.04. The highest BCUT2D eigenvalue weighted by Crippen LogP contribution is 2.52. The fraction of sp³-hybridized carbons (Fsp3) is 0.633. The van der Waals surface area contributed by atoms with Crippen LogP contribution in [0.4, 0.5) is 0 Å². The molecule has 3 heterocycles. The molecular weight excluding hydrogens is 468 g/mol. The van der Waals surface area contributed by atoms with Crippen LogP contribution in [0.5, 0.6) is 0 Å². The van der Waals surface area contributed by atoms with Crippen LogP contribution in [0.15, 0.2) is 42.1 Å². The van der Waals surface area contributed by atoms with Gasteiger partial charge in [0.05, 0.1) is 25.9 Å². The van der Waals surface area contributed by atoms with E-state index in [4.69, 9.17) is 9.47 Å². The summed E-state index contributed by atoms with van der Waals surface area (Å²) in [5.41, 5.74) is 0.556. The van der Waals surface area contributed by atoms with Gasteiger partial charge in [0, 0.05) is 31.1 Å². The molecule has 1 aromatic rings. The summed E-state index contributed by atoms with van der Waals surface area (Å²) in [6, 6.07) is 9.85. The number of hydrogen-bond donors (Lipinski definition) is 0. The lowest BCUT2D eigenvalue weighted by Crippen LogP contribution is -2.60. The van der Waals surface area contributed by atoms with Crippen molar-refractivity contribution in [3.8, 4) is 0 Å². The normalized spacial score (nSPS) is 30.6. The fourth-order valence-corrected chi connectivity index (χ4v) is 6.96. The van der Waals surface area contributed by atoms with Gasteiger partial charge in [-0.3, -0.25) is 14.4 Å². The van der Waals surface area contributed by atoms with E-state index in [1.54, 1.807) is 4.90 Å². The van der Waals surface area contributed by atoms with Gasteiger partial charge in [0.25, 0.3) is 0 Å². The zero-order valence-electron chi connectivity index (χ0n) is 22.2. The third-order valence-electron chi connectivity index (χ3n) is 9.04. The summed E-state index contributed by atoms with van der Waals surface area (Å²) in [5, 5.41) is 0. The monoisotopic (exact) mass is 508 g/mol. The van der Waals surface area contributed by atoms with Crippen LogP contribution in [0, 0.1) is 17.3 Å². The lowest BCUT2D eigenvalue weighted by atomic mass is 9.66. The zero-order valence-corrected chi connectivity index (χ0v) is 22.2. The minimum atomic E-state index is -1.13. The van der Waals surface area contributed by atoms with Crippen LogP contribution < -0.4 is 0 Å². The molecule has 3 fully saturated rings. The van der Waals surface area contributed by atoms with Crippen molar-refractivity contribution < 1.29 is 23.9 Å². The molecule has 0 unspecified atom stereocenters. The van der Waals surface area contributed by atoms with E-state index in [0.29, 0.717) is 18.2 Å². The largest absolute Gasteiger partial charge is 0.468 e. The van der Waals surface area contributed by atoms with Gasteiger partial charge in [-0.25, -0.2) is 0 Å². The number of likely N-dealkylation sites (tertiary alicyclic amines) is 2. The number of carbonyl (C=O) groups excluding carboxylic acids is 3. The highest BCUT2D eigenvalue weighted by Gasteiger charge is 2.60. The minimum absolute atomic E-state index is 0.00151. The number of piperidine rings is 2. The second-order valence-electron chi connectivity index (χ2n) is 11.3. The van der Waals surface area contributed by atoms with E-state index in [1.165, 1.54) is 20.0 Å². The van der Waals surface area contributed by atoms with Gasteiger partial charge in [0.2, 0.25) is 11.8 Å². The number of carbonyl (C=O) groups is 3. The van der Waals surface area contributed by atoms with Crippen LogP contribution in [0.25, 0.3) is 0 Å². The Labute approximate surface area is 220 Å². The smallest absolute Gasteiger partial charge is 0.320 e. The topological polar surface area (TPSA) is 76.2 Å². The summed E-state index contributed by atoms with van der Waals surface area (Å²) in [6.07, 6.45) is 9.43. The molecule has 0 bridgehead atoms. The number of fused-ring (bicyclic) bond motifs is 1. The summed E-state index contributed by atoms with van der Waals surface area (Å²) in [7, 11) is 1.40. The molecule has 2 amide bonds. The maximum atomic E-state index is 14.1. The van der Waals surface area contributed by atoms with Gasteiger partial charge in [-0.1, -0.05) is 43.2 Å². The number of rotatable bonds is 6. The molecule has 5 rings (SSSR count). The molecule has 0 radical (unpaired) electrons. The summed E-state index contributed by atoms with van der Waals surface area (Å²) in [4.78, 5) is 44.7. The van der Waals surface area contributed by atoms with Crippen molar-refractivity contribution in [3.63, 3.8) is 0 Å². The Morgan fingerprint density at radius 2 is 1.76 bits per heavy atom. The van der Waals surface area contributed by atoms with Gasteiger partial charge in [0.15, 0.2) is 0 Å². The average molecular weight is 509 g/mol. The second-order valence-corrected chi connectivity index (χ2v) is 11.3. The maximum Gasteiger partial charge on any atom is 0.320 e. The van der Waals surface area contributed by atoms with Gasteiger partial charge in [-0.05, 0) is 63.0 Å². The second kappa shape index (κ2) is 11.0. The summed E-state index contributed by atoms with van der Waals surface area (Å²) < 4.78 is 12.0. The first-order valence-corrected chi connectivity index (χ1v) is 14.0. The Kier molecular flexibility index (Phi) is 7.70. The molecule has 1 saturated carbocycles. The molecule has 7 nitrogen and oxygen atoms in total. The predicted molar refractivity (Wildman–Crippen MR) is 139 cm³/mol. The number of benzene rings is 1. The van der Waals surface area contributed by atoms with Crippen molar-refractivity contribution in [2.45, 2.75) is 83.5 Å². The van der Waals surface area contributed by atoms with Crippen LogP contribution >= 0.6 is 0 Å². The van der Waals surface area contributed by atoms with Crippen molar-refractivity contribution >= 4 is 17.8 Å². The molecule has 3 aliphatic heterocycles. The first kappa shape index (κ1) is 26.0. The molecule has 2 saturated heterocycles. The van der Waals surface area contributed by atoms with E-state index < -0.39 is 23.4 Å². The Morgan fingerprint density at radius 3 is 2.43 bits per heavy atom. The molecule has 1 aliphatic carbocycles. The van der Waals surface area contributed by atoms with Crippen LogP contribution in [-0.4, -0.2) is 60.0 Å². The fourth-order valence-electron chi connectivity index (χ4n) is 6.96. The lowest BCUT2D eigenvalue weighted by molar-refractivity contribution is -0.178. The third kappa shape index (κ3) is 4.95. The highest BCUT2D eigenvalue weighted by atomic mass is 16.5. The molecular formula is C30H40N2O5. The summed E-state index contributed by atoms with van der Waals surface area (Å²) in [6.45, 7) is 3.77. The van der Waals surface area contributed by atoms with E-state index >= 15 is 0 Å². The molecule has 0 aromatic heterocycles. The molecule has 4 atom stereocenters. The predicted octanol–water partition coefficient (Wildman–Crippen LogP) is 4.46. The van der Waals surface area contributed by atoms with Crippen LogP contribution in [-0.2, 0) is 30.4 Å². The lowest BCUT2D eigenvalue weighted by Gasteiger charge is -2.52. The Hall–Kier alpha value is -2.67. The van der Waals surface area contributed by atoms with Gasteiger partial charge < -0.3 is 19.3 Å². The van der Waals surface area contributed by atoms with Gasteiger partial charge >= 0.3 is 5.97 Å². The van der Waals surface area contributed by atoms with E-state index in [9.17, 15) is 14.4 Å². The summed E-state index contributed by atoms with van der Waals surface area (Å²) >= 11 is 0. The van der Waals surface area contributed by atoms with Crippen molar-refractivity contribution in [2.24, 2.45) is 17.3 Å². The molecule has 4 aliphatic rings. The maximum absolute atomic E-state index is 14.1. The molecule has 1 aromatic carbocycles. The number of hydrogen-bond acceptors (Lipinski definition) is 5. The van der Waals surface area contributed by atoms with E-state index in [2.05, 4.69) is 0 Å². The van der Waals surface area contributed by atoms with Crippen LogP contribution in [0.2, 0.25) is 0 Å². The van der Waals surface area contributed by atoms with Gasteiger partial charge in [-0.15, -0.1) is 0 Å². The van der Waals surface area contributed by atoms with Crippen molar-refractivity contribution in [1.82, 2.24) is 9.80 Å². The molecule has 0 N–H and O–H groups in total. The molecule has 7 heteroatoms. The highest BCUT2D eigenvalue weighted by molar-refractivity contribution is 5.92. The van der Waals surface area contributed by atoms with Gasteiger partial charge in [0.1, 0.15) is 5.41 Å². The SMILES string of the molecule is COC(=O)[C@]12C[C@H](CC(=O)N3CCCCC3)C(=O)N(Cc3ccccc3)C1=C[C@H](C1CCCC1)O[C@@H]2C. The zero-order chi connectivity index (χ0) is 26.0. The average Bonchev–Trinajstić information content (AvgIpc) is 3.47. The van der Waals surface area contributed by atoms with Gasteiger partial charge in [-0.2, -0.15) is 0 Å². The Morgan fingerprint density at radius 1 is 1.05 bits per heavy atom. The van der Waals surface area contributed by atoms with Crippen molar-refractivity contribution in [3.05, 3.63) is 47.7 Å². The number of amides is 2. The number of ether oxygens (including phenoxy) is 2. The van der Waals surface area contributed by atoms with Crippen LogP contribution in [0.3, 0.4) is 0 Å². The Bertz CT molecular complexity index is 1030. The first-order valence-electron chi connectivity index (χ1n) is 14.0. The number of nitrogens with zero attached hydrogens (tertiary/aromatic N) is 2. The van der Waals surface area contributed by atoms with E-state index in [1.807, 2.05) is 48.2 Å².